The summed E-state index contributed by atoms with van der Waals surface area (Å²) >= 11 is 0. The number of phenolic OH excluding ortho intramolecular Hbond substituents is 2. The third-order valence-electron chi connectivity index (χ3n) is 6.38. The molecule has 4 nitrogen and oxygen atoms in total. The van der Waals surface area contributed by atoms with Crippen LogP contribution in [0, 0.1) is 13.8 Å². The van der Waals surface area contributed by atoms with Crippen molar-refractivity contribution < 1.29 is 19.7 Å². The van der Waals surface area contributed by atoms with Crippen molar-refractivity contribution in [3.8, 4) is 22.6 Å². The van der Waals surface area contributed by atoms with Crippen molar-refractivity contribution in [2.45, 2.75) is 26.4 Å². The van der Waals surface area contributed by atoms with E-state index in [4.69, 9.17) is 4.74 Å². The number of rotatable bonds is 2. The van der Waals surface area contributed by atoms with Gasteiger partial charge in [0.1, 0.15) is 11.5 Å². The normalized spacial score (nSPS) is 14.0. The quantitative estimate of drug-likeness (QED) is 0.452. The predicted molar refractivity (Wildman–Crippen MR) is 113 cm³/mol. The number of hydrogen-bond acceptors (Lipinski definition) is 4. The van der Waals surface area contributed by atoms with Gasteiger partial charge < -0.3 is 14.9 Å². The van der Waals surface area contributed by atoms with E-state index in [1.54, 1.807) is 6.92 Å². The van der Waals surface area contributed by atoms with Crippen LogP contribution in [-0.4, -0.2) is 16.7 Å². The molecule has 2 N–H and O–H groups in total. The fourth-order valence-electron chi connectivity index (χ4n) is 5.08. The van der Waals surface area contributed by atoms with Crippen LogP contribution in [-0.2, 0) is 15.1 Å². The minimum Gasteiger partial charge on any atom is -0.507 e. The number of carbonyl (C=O) groups is 1. The third-order valence-corrected chi connectivity index (χ3v) is 6.38. The summed E-state index contributed by atoms with van der Waals surface area (Å²) in [4.78, 5) is 11.5. The molecule has 4 aromatic rings. The molecule has 0 bridgehead atoms. The molecule has 4 heteroatoms. The first-order valence-electron chi connectivity index (χ1n) is 9.53. The van der Waals surface area contributed by atoms with E-state index in [0.29, 0.717) is 28.4 Å². The van der Waals surface area contributed by atoms with Gasteiger partial charge >= 0.3 is 0 Å². The van der Waals surface area contributed by atoms with Gasteiger partial charge in [-0.2, -0.15) is 0 Å². The lowest BCUT2D eigenvalue weighted by atomic mass is 9.88. The van der Waals surface area contributed by atoms with Gasteiger partial charge in [0.2, 0.25) is 0 Å². The average Bonchev–Trinajstić information content (AvgIpc) is 3.00. The molecule has 1 aliphatic rings. The van der Waals surface area contributed by atoms with Crippen molar-refractivity contribution >= 4 is 28.0 Å². The Morgan fingerprint density at radius 3 is 1.52 bits per heavy atom. The number of hydrogen-bond donors (Lipinski definition) is 2. The summed E-state index contributed by atoms with van der Waals surface area (Å²) in [6.07, 6.45) is 0. The molecule has 0 spiro atoms. The molecule has 5 rings (SSSR count). The fraction of sp³-hybridized carbons (Fsp3) is 0.160. The summed E-state index contributed by atoms with van der Waals surface area (Å²) in [6.45, 7) is 6.12. The topological polar surface area (TPSA) is 66.8 Å². The van der Waals surface area contributed by atoms with Crippen LogP contribution < -0.4 is 0 Å². The van der Waals surface area contributed by atoms with E-state index in [1.807, 2.05) is 62.4 Å². The first kappa shape index (κ1) is 17.6. The van der Waals surface area contributed by atoms with Gasteiger partial charge in [0.25, 0.3) is 6.47 Å². The molecule has 0 unspecified atom stereocenters. The van der Waals surface area contributed by atoms with E-state index < -0.39 is 5.60 Å². The molecule has 29 heavy (non-hydrogen) atoms. The number of ether oxygens (including phenoxy) is 1. The van der Waals surface area contributed by atoms with Crippen molar-refractivity contribution in [3.63, 3.8) is 0 Å². The lowest BCUT2D eigenvalue weighted by Crippen LogP contribution is -2.25. The van der Waals surface area contributed by atoms with Crippen molar-refractivity contribution in [1.82, 2.24) is 0 Å². The number of aryl methyl sites for hydroxylation is 2. The Balaban J connectivity index is 2.08. The molecule has 0 saturated carbocycles. The standard InChI is InChI=1S/C25H20O4/c1-13-15-8-4-6-10-17(15)23(27)21-19(13)20-14(2)16-9-5-7-11-18(16)24(28)22(20)25(21,3)29-12-26/h4-12,27-28H,1-3H3. The molecular formula is C25H20O4. The largest absolute Gasteiger partial charge is 0.507 e. The molecule has 0 amide bonds. The van der Waals surface area contributed by atoms with Crippen molar-refractivity contribution in [2.24, 2.45) is 0 Å². The van der Waals surface area contributed by atoms with Gasteiger partial charge in [0.15, 0.2) is 5.60 Å². The van der Waals surface area contributed by atoms with Crippen molar-refractivity contribution in [2.75, 3.05) is 0 Å². The third kappa shape index (κ3) is 2.01. The maximum absolute atomic E-state index is 11.5. The highest BCUT2D eigenvalue weighted by atomic mass is 16.5. The van der Waals surface area contributed by atoms with E-state index in [-0.39, 0.29) is 11.5 Å². The Morgan fingerprint density at radius 2 is 1.14 bits per heavy atom. The van der Waals surface area contributed by atoms with Crippen LogP contribution in [0.1, 0.15) is 29.2 Å². The first-order valence-corrected chi connectivity index (χ1v) is 9.53. The lowest BCUT2D eigenvalue weighted by Gasteiger charge is -2.27. The summed E-state index contributed by atoms with van der Waals surface area (Å²) in [5, 5.41) is 25.8. The number of carbonyl (C=O) groups excluding carboxylic acids is 1. The van der Waals surface area contributed by atoms with Gasteiger partial charge in [-0.3, -0.25) is 4.79 Å². The average molecular weight is 384 g/mol. The minimum atomic E-state index is -1.30. The summed E-state index contributed by atoms with van der Waals surface area (Å²) in [7, 11) is 0. The first-order chi connectivity index (χ1) is 13.9. The lowest BCUT2D eigenvalue weighted by molar-refractivity contribution is -0.139. The number of fused-ring (bicyclic) bond motifs is 5. The molecule has 0 heterocycles. The molecule has 0 atom stereocenters. The van der Waals surface area contributed by atoms with Crippen LogP contribution >= 0.6 is 0 Å². The minimum absolute atomic E-state index is 0.0737. The van der Waals surface area contributed by atoms with Gasteiger partial charge in [-0.15, -0.1) is 0 Å². The Bertz CT molecular complexity index is 1250. The summed E-state index contributed by atoms with van der Waals surface area (Å²) < 4.78 is 5.61. The zero-order chi connectivity index (χ0) is 20.5. The van der Waals surface area contributed by atoms with Crippen LogP contribution in [0.4, 0.5) is 0 Å². The molecule has 0 radical (unpaired) electrons. The zero-order valence-electron chi connectivity index (χ0n) is 16.4. The highest BCUT2D eigenvalue weighted by molar-refractivity contribution is 6.07. The van der Waals surface area contributed by atoms with Crippen molar-refractivity contribution in [1.29, 1.82) is 0 Å². The van der Waals surface area contributed by atoms with E-state index >= 15 is 0 Å². The van der Waals surface area contributed by atoms with E-state index in [0.717, 1.165) is 33.0 Å². The molecular weight excluding hydrogens is 364 g/mol. The highest BCUT2D eigenvalue weighted by Gasteiger charge is 2.48. The van der Waals surface area contributed by atoms with Crippen LogP contribution in [0.15, 0.2) is 48.5 Å². The predicted octanol–water partition coefficient (Wildman–Crippen LogP) is 5.44. The molecule has 144 valence electrons. The Kier molecular flexibility index (Phi) is 3.47. The fourth-order valence-corrected chi connectivity index (χ4v) is 5.08. The second kappa shape index (κ2) is 5.74. The van der Waals surface area contributed by atoms with E-state index in [9.17, 15) is 15.0 Å². The molecule has 0 fully saturated rings. The monoisotopic (exact) mass is 384 g/mol. The van der Waals surface area contributed by atoms with E-state index in [2.05, 4.69) is 0 Å². The summed E-state index contributed by atoms with van der Waals surface area (Å²) in [6, 6.07) is 15.2. The van der Waals surface area contributed by atoms with Gasteiger partial charge in [-0.05, 0) is 53.8 Å². The Morgan fingerprint density at radius 1 is 0.759 bits per heavy atom. The number of phenols is 2. The maximum Gasteiger partial charge on any atom is 0.294 e. The zero-order valence-corrected chi connectivity index (χ0v) is 16.4. The molecule has 0 aliphatic heterocycles. The number of benzene rings is 4. The van der Waals surface area contributed by atoms with Gasteiger partial charge in [-0.25, -0.2) is 0 Å². The molecule has 0 saturated heterocycles. The molecule has 0 aromatic heterocycles. The SMILES string of the molecule is Cc1c2c(c(O)c3ccccc13)C(C)(OC=O)c1c-2c(C)c2ccccc2c1O. The van der Waals surface area contributed by atoms with Crippen LogP contribution in [0.5, 0.6) is 11.5 Å². The van der Waals surface area contributed by atoms with Gasteiger partial charge in [-0.1, -0.05) is 48.5 Å². The summed E-state index contributed by atoms with van der Waals surface area (Å²) in [5.74, 6) is 0.147. The van der Waals surface area contributed by atoms with Gasteiger partial charge in [0, 0.05) is 10.8 Å². The number of aromatic hydroxyl groups is 2. The Labute approximate surface area is 168 Å². The van der Waals surface area contributed by atoms with Crippen LogP contribution in [0.25, 0.3) is 32.7 Å². The maximum atomic E-state index is 11.5. The van der Waals surface area contributed by atoms with Crippen molar-refractivity contribution in [3.05, 3.63) is 70.8 Å². The van der Waals surface area contributed by atoms with Gasteiger partial charge in [0.05, 0.1) is 11.1 Å². The van der Waals surface area contributed by atoms with Crippen LogP contribution in [0.2, 0.25) is 0 Å². The second-order valence-corrected chi connectivity index (χ2v) is 7.79. The van der Waals surface area contributed by atoms with E-state index in [1.165, 1.54) is 0 Å². The Hall–Kier alpha value is -3.53. The second-order valence-electron chi connectivity index (χ2n) is 7.79. The molecule has 4 aromatic carbocycles. The smallest absolute Gasteiger partial charge is 0.294 e. The highest BCUT2D eigenvalue weighted by Crippen LogP contribution is 2.60. The molecule has 1 aliphatic carbocycles. The van der Waals surface area contributed by atoms with Crippen LogP contribution in [0.3, 0.4) is 0 Å². The summed E-state index contributed by atoms with van der Waals surface area (Å²) in [5.41, 5.74) is 3.33.